The minimum absolute atomic E-state index is 0.344. The Morgan fingerprint density at radius 3 is 1.72 bits per heavy atom. The second kappa shape index (κ2) is 7.00. The summed E-state index contributed by atoms with van der Waals surface area (Å²) in [4.78, 5) is 36.2. The van der Waals surface area contributed by atoms with E-state index in [1.807, 2.05) is 0 Å². The third-order valence-corrected chi connectivity index (χ3v) is 4.51. The van der Waals surface area contributed by atoms with Gasteiger partial charge >= 0.3 is 11.9 Å². The van der Waals surface area contributed by atoms with Gasteiger partial charge in [0.15, 0.2) is 16.9 Å². The molecule has 25 heavy (non-hydrogen) atoms. The van der Waals surface area contributed by atoms with Crippen LogP contribution in [0.4, 0.5) is 0 Å². The Morgan fingerprint density at radius 1 is 0.920 bits per heavy atom. The maximum absolute atomic E-state index is 12.3. The largest absolute Gasteiger partial charge is 0.493 e. The molecule has 2 atom stereocenters. The zero-order valence-corrected chi connectivity index (χ0v) is 14.7. The van der Waals surface area contributed by atoms with Crippen LogP contribution in [0.3, 0.4) is 0 Å². The van der Waals surface area contributed by atoms with Crippen LogP contribution in [0.1, 0.15) is 11.5 Å². The molecule has 0 unspecified atom stereocenters. The first-order chi connectivity index (χ1) is 12.0. The van der Waals surface area contributed by atoms with Crippen LogP contribution in [-0.2, 0) is 23.9 Å². The van der Waals surface area contributed by atoms with Gasteiger partial charge in [0, 0.05) is 5.92 Å². The summed E-state index contributed by atoms with van der Waals surface area (Å²) in [5.41, 5.74) is -1.21. The lowest BCUT2D eigenvalue weighted by Gasteiger charge is -2.16. The lowest BCUT2D eigenvalue weighted by Crippen LogP contribution is -2.32. The second-order valence-corrected chi connectivity index (χ2v) is 5.45. The van der Waals surface area contributed by atoms with Gasteiger partial charge in [-0.2, -0.15) is 0 Å². The minimum Gasteiger partial charge on any atom is -0.493 e. The maximum atomic E-state index is 12.3. The predicted octanol–water partition coefficient (Wildman–Crippen LogP) is 0.957. The predicted molar refractivity (Wildman–Crippen MR) is 84.9 cm³/mol. The monoisotopic (exact) mass is 352 g/mol. The fraction of sp³-hybridized carbons (Fsp3) is 0.471. The maximum Gasteiger partial charge on any atom is 0.324 e. The first-order valence-electron chi connectivity index (χ1n) is 7.39. The van der Waals surface area contributed by atoms with Gasteiger partial charge in [0.05, 0.1) is 41.5 Å². The summed E-state index contributed by atoms with van der Waals surface area (Å²) in [6.07, 6.45) is 0.557. The van der Waals surface area contributed by atoms with Crippen LogP contribution in [0.2, 0.25) is 0 Å². The van der Waals surface area contributed by atoms with Crippen LogP contribution in [0.25, 0.3) is 0 Å². The average molecular weight is 352 g/mol. The Morgan fingerprint density at radius 2 is 1.40 bits per heavy atom. The molecule has 0 aliphatic heterocycles. The minimum atomic E-state index is -1.71. The van der Waals surface area contributed by atoms with E-state index >= 15 is 0 Å². The molecule has 2 rings (SSSR count). The Bertz CT molecular complexity index is 655. The van der Waals surface area contributed by atoms with Gasteiger partial charge in [0.2, 0.25) is 5.75 Å². The molecule has 1 aromatic carbocycles. The van der Waals surface area contributed by atoms with Crippen LogP contribution in [0.15, 0.2) is 12.1 Å². The zero-order valence-electron chi connectivity index (χ0n) is 14.7. The molecule has 8 heteroatoms. The summed E-state index contributed by atoms with van der Waals surface area (Å²) in [5.74, 6) is -2.26. The highest BCUT2D eigenvalue weighted by atomic mass is 16.5. The summed E-state index contributed by atoms with van der Waals surface area (Å²) in [6.45, 7) is 0. The van der Waals surface area contributed by atoms with Gasteiger partial charge in [-0.15, -0.1) is 0 Å². The van der Waals surface area contributed by atoms with Crippen LogP contribution >= 0.6 is 0 Å². The first-order valence-corrected chi connectivity index (χ1v) is 7.39. The van der Waals surface area contributed by atoms with E-state index in [-0.39, 0.29) is 0 Å². The van der Waals surface area contributed by atoms with Gasteiger partial charge in [-0.05, 0) is 17.7 Å². The number of methoxy groups -OCH3 is 5. The summed E-state index contributed by atoms with van der Waals surface area (Å²) in [5, 5.41) is 0. The molecule has 0 amide bonds. The number of aldehydes is 1. The summed E-state index contributed by atoms with van der Waals surface area (Å²) < 4.78 is 25.3. The Hall–Kier alpha value is -2.77. The molecular weight excluding hydrogens is 332 g/mol. The van der Waals surface area contributed by atoms with E-state index in [1.165, 1.54) is 21.3 Å². The molecule has 0 heterocycles. The van der Waals surface area contributed by atoms with E-state index < -0.39 is 29.2 Å². The van der Waals surface area contributed by atoms with E-state index in [9.17, 15) is 14.4 Å². The van der Waals surface area contributed by atoms with Crippen molar-refractivity contribution in [2.75, 3.05) is 35.5 Å². The molecule has 8 nitrogen and oxygen atoms in total. The van der Waals surface area contributed by atoms with Crippen molar-refractivity contribution in [3.05, 3.63) is 17.7 Å². The zero-order chi connectivity index (χ0) is 18.8. The highest BCUT2D eigenvalue weighted by Gasteiger charge is 2.77. The van der Waals surface area contributed by atoms with Gasteiger partial charge in [0.1, 0.15) is 6.29 Å². The summed E-state index contributed by atoms with van der Waals surface area (Å²) in [7, 11) is 6.65. The third-order valence-electron chi connectivity index (χ3n) is 4.51. The standard InChI is InChI=1S/C17H20O8/c1-21-11-6-9(7-12(22-2)14(11)23-3)13-10(8-18)17(13,15(19)24-4)16(20)25-5/h6-8,10,13H,1-5H3/t10-,13-/m1/s1. The molecule has 0 aromatic heterocycles. The van der Waals surface area contributed by atoms with Gasteiger partial charge < -0.3 is 28.5 Å². The van der Waals surface area contributed by atoms with Crippen molar-refractivity contribution < 1.29 is 38.1 Å². The molecule has 1 saturated carbocycles. The number of esters is 2. The van der Waals surface area contributed by atoms with Crippen molar-refractivity contribution in [2.45, 2.75) is 5.92 Å². The Balaban J connectivity index is 2.62. The third kappa shape index (κ3) is 2.57. The number of benzene rings is 1. The van der Waals surface area contributed by atoms with E-state index in [0.29, 0.717) is 29.1 Å². The lowest BCUT2D eigenvalue weighted by molar-refractivity contribution is -0.162. The molecule has 0 radical (unpaired) electrons. The van der Waals surface area contributed by atoms with Crippen LogP contribution in [0.5, 0.6) is 17.2 Å². The number of hydrogen-bond acceptors (Lipinski definition) is 8. The van der Waals surface area contributed by atoms with E-state index in [1.54, 1.807) is 12.1 Å². The Kier molecular flexibility index (Phi) is 5.20. The number of carbonyl (C=O) groups excluding carboxylic acids is 3. The van der Waals surface area contributed by atoms with E-state index in [0.717, 1.165) is 14.2 Å². The second-order valence-electron chi connectivity index (χ2n) is 5.45. The van der Waals surface area contributed by atoms with Gasteiger partial charge in [0.25, 0.3) is 0 Å². The molecule has 1 fully saturated rings. The number of ether oxygens (including phenoxy) is 5. The lowest BCUT2D eigenvalue weighted by atomic mass is 9.98. The Labute approximate surface area is 144 Å². The normalized spacial score (nSPS) is 20.2. The topological polar surface area (TPSA) is 97.4 Å². The highest BCUT2D eigenvalue weighted by Crippen LogP contribution is 2.66. The fourth-order valence-corrected chi connectivity index (χ4v) is 3.30. The van der Waals surface area contributed by atoms with Crippen molar-refractivity contribution in [1.82, 2.24) is 0 Å². The quantitative estimate of drug-likeness (QED) is 0.407. The molecule has 0 bridgehead atoms. The van der Waals surface area contributed by atoms with Crippen molar-refractivity contribution in [1.29, 1.82) is 0 Å². The van der Waals surface area contributed by atoms with Crippen LogP contribution in [0, 0.1) is 11.3 Å². The molecule has 1 aromatic rings. The van der Waals surface area contributed by atoms with Crippen molar-refractivity contribution in [2.24, 2.45) is 11.3 Å². The smallest absolute Gasteiger partial charge is 0.324 e. The molecule has 1 aliphatic rings. The number of carbonyl (C=O) groups is 3. The van der Waals surface area contributed by atoms with E-state index in [4.69, 9.17) is 23.7 Å². The molecule has 1 aliphatic carbocycles. The molecule has 136 valence electrons. The molecule has 0 N–H and O–H groups in total. The van der Waals surface area contributed by atoms with Gasteiger partial charge in [-0.1, -0.05) is 0 Å². The SMILES string of the molecule is COC(=O)C1(C(=O)OC)[C@H](C=O)[C@H]1c1cc(OC)c(OC)c(OC)c1. The molecular formula is C17H20O8. The number of rotatable bonds is 7. The molecule has 0 saturated heterocycles. The average Bonchev–Trinajstić information content (AvgIpc) is 3.35. The summed E-state index contributed by atoms with van der Waals surface area (Å²) in [6, 6.07) is 3.19. The molecule has 0 spiro atoms. The van der Waals surface area contributed by atoms with Crippen LogP contribution in [-0.4, -0.2) is 53.8 Å². The van der Waals surface area contributed by atoms with Crippen molar-refractivity contribution in [3.63, 3.8) is 0 Å². The summed E-state index contributed by atoms with van der Waals surface area (Å²) >= 11 is 0. The highest BCUT2D eigenvalue weighted by molar-refractivity contribution is 6.09. The number of hydrogen-bond donors (Lipinski definition) is 0. The van der Waals surface area contributed by atoms with Gasteiger partial charge in [-0.3, -0.25) is 9.59 Å². The first kappa shape index (κ1) is 18.6. The van der Waals surface area contributed by atoms with Crippen molar-refractivity contribution in [3.8, 4) is 17.2 Å². The van der Waals surface area contributed by atoms with E-state index in [2.05, 4.69) is 0 Å². The van der Waals surface area contributed by atoms with Crippen molar-refractivity contribution >= 4 is 18.2 Å². The fourth-order valence-electron chi connectivity index (χ4n) is 3.30. The van der Waals surface area contributed by atoms with Gasteiger partial charge in [-0.25, -0.2) is 0 Å². The van der Waals surface area contributed by atoms with Crippen LogP contribution < -0.4 is 14.2 Å².